The lowest BCUT2D eigenvalue weighted by Crippen LogP contribution is -2.42. The van der Waals surface area contributed by atoms with E-state index in [2.05, 4.69) is 10.2 Å². The summed E-state index contributed by atoms with van der Waals surface area (Å²) in [5, 5.41) is 17.4. The largest absolute Gasteiger partial charge is 0.388 e. The molecule has 2 aliphatic rings. The van der Waals surface area contributed by atoms with Crippen molar-refractivity contribution < 1.29 is 14.6 Å². The molecule has 0 bridgehead atoms. The van der Waals surface area contributed by atoms with Crippen molar-refractivity contribution in [3.63, 3.8) is 0 Å². The van der Waals surface area contributed by atoms with Gasteiger partial charge in [-0.15, -0.1) is 0 Å². The van der Waals surface area contributed by atoms with Crippen molar-refractivity contribution in [3.05, 3.63) is 17.5 Å². The van der Waals surface area contributed by atoms with Crippen molar-refractivity contribution in [2.24, 2.45) is 0 Å². The van der Waals surface area contributed by atoms with Crippen LogP contribution in [0, 0.1) is 0 Å². The van der Waals surface area contributed by atoms with Crippen molar-refractivity contribution in [2.45, 2.75) is 43.6 Å². The van der Waals surface area contributed by atoms with Crippen LogP contribution in [0.1, 0.15) is 54.1 Å². The van der Waals surface area contributed by atoms with E-state index in [1.807, 2.05) is 0 Å². The maximum atomic E-state index is 12.6. The average molecular weight is 293 g/mol. The molecule has 2 fully saturated rings. The number of carbonyl (C=O) groups excluding carboxylic acids is 1. The zero-order valence-electron chi connectivity index (χ0n) is 12.5. The van der Waals surface area contributed by atoms with Crippen molar-refractivity contribution in [1.29, 1.82) is 0 Å². The van der Waals surface area contributed by atoms with Crippen LogP contribution < -0.4 is 0 Å². The van der Waals surface area contributed by atoms with Gasteiger partial charge < -0.3 is 14.7 Å². The molecule has 2 heterocycles. The number of aromatic amines is 1. The van der Waals surface area contributed by atoms with Crippen molar-refractivity contribution in [2.75, 3.05) is 26.8 Å². The Morgan fingerprint density at radius 3 is 3.00 bits per heavy atom. The second kappa shape index (κ2) is 5.77. The number of ether oxygens (including phenoxy) is 1. The van der Waals surface area contributed by atoms with Gasteiger partial charge in [0.15, 0.2) is 0 Å². The molecule has 1 aliphatic heterocycles. The van der Waals surface area contributed by atoms with Gasteiger partial charge in [0.25, 0.3) is 5.91 Å². The van der Waals surface area contributed by atoms with E-state index >= 15 is 0 Å². The number of amides is 1. The topological polar surface area (TPSA) is 78.5 Å². The van der Waals surface area contributed by atoms with Crippen LogP contribution in [-0.2, 0) is 4.74 Å². The van der Waals surface area contributed by atoms with E-state index in [0.29, 0.717) is 18.7 Å². The predicted molar refractivity (Wildman–Crippen MR) is 77.1 cm³/mol. The quantitative estimate of drug-likeness (QED) is 0.877. The number of nitrogens with one attached hydrogen (secondary N) is 1. The maximum Gasteiger partial charge on any atom is 0.257 e. The van der Waals surface area contributed by atoms with Gasteiger partial charge in [-0.2, -0.15) is 5.10 Å². The third-order valence-electron chi connectivity index (χ3n) is 4.65. The summed E-state index contributed by atoms with van der Waals surface area (Å²) in [6.45, 7) is 1.75. The number of hydrogen-bond acceptors (Lipinski definition) is 4. The molecule has 1 aromatic heterocycles. The van der Waals surface area contributed by atoms with Crippen LogP contribution in [0.5, 0.6) is 0 Å². The van der Waals surface area contributed by atoms with E-state index < -0.39 is 5.60 Å². The van der Waals surface area contributed by atoms with E-state index in [9.17, 15) is 9.90 Å². The van der Waals surface area contributed by atoms with Crippen LogP contribution in [-0.4, -0.2) is 58.5 Å². The lowest BCUT2D eigenvalue weighted by molar-refractivity contribution is 0.0156. The highest BCUT2D eigenvalue weighted by atomic mass is 16.5. The molecular formula is C15H23N3O3. The van der Waals surface area contributed by atoms with E-state index in [0.717, 1.165) is 44.4 Å². The summed E-state index contributed by atoms with van der Waals surface area (Å²) in [6, 6.07) is 0. The highest BCUT2D eigenvalue weighted by molar-refractivity contribution is 5.95. The van der Waals surface area contributed by atoms with Gasteiger partial charge in [-0.25, -0.2) is 0 Å². The Balaban J connectivity index is 1.71. The first-order valence-corrected chi connectivity index (χ1v) is 7.68. The summed E-state index contributed by atoms with van der Waals surface area (Å²) >= 11 is 0. The van der Waals surface area contributed by atoms with Crippen molar-refractivity contribution in [1.82, 2.24) is 15.1 Å². The molecule has 1 aliphatic carbocycles. The summed E-state index contributed by atoms with van der Waals surface area (Å²) in [5.74, 6) is 0.139. The van der Waals surface area contributed by atoms with Gasteiger partial charge in [-0.05, 0) is 19.3 Å². The highest BCUT2D eigenvalue weighted by Gasteiger charge is 2.34. The van der Waals surface area contributed by atoms with Gasteiger partial charge in [-0.3, -0.25) is 9.89 Å². The van der Waals surface area contributed by atoms with Crippen LogP contribution in [0.2, 0.25) is 0 Å². The molecule has 0 radical (unpaired) electrons. The molecule has 0 spiro atoms. The van der Waals surface area contributed by atoms with E-state index in [1.54, 1.807) is 18.1 Å². The maximum absolute atomic E-state index is 12.6. The summed E-state index contributed by atoms with van der Waals surface area (Å²) in [5.41, 5.74) is 0.752. The number of carbonyl (C=O) groups is 1. The fraction of sp³-hybridized carbons (Fsp3) is 0.733. The summed E-state index contributed by atoms with van der Waals surface area (Å²) in [6.07, 6.45) is 6.13. The first kappa shape index (κ1) is 14.5. The van der Waals surface area contributed by atoms with Gasteiger partial charge in [0.2, 0.25) is 0 Å². The van der Waals surface area contributed by atoms with Gasteiger partial charge in [0.1, 0.15) is 0 Å². The Kier molecular flexibility index (Phi) is 3.99. The number of likely N-dealkylation sites (N-methyl/N-ethyl adjacent to an activating group) is 1. The molecule has 21 heavy (non-hydrogen) atoms. The molecule has 1 atom stereocenters. The van der Waals surface area contributed by atoms with E-state index in [-0.39, 0.29) is 11.8 Å². The summed E-state index contributed by atoms with van der Waals surface area (Å²) in [7, 11) is 1.75. The molecular weight excluding hydrogens is 270 g/mol. The first-order chi connectivity index (χ1) is 10.1. The molecule has 0 aromatic carbocycles. The molecule has 6 heteroatoms. The molecule has 116 valence electrons. The number of rotatable bonds is 4. The van der Waals surface area contributed by atoms with Crippen LogP contribution in [0.25, 0.3) is 0 Å². The molecule has 1 aromatic rings. The second-order valence-electron chi connectivity index (χ2n) is 6.35. The smallest absolute Gasteiger partial charge is 0.257 e. The molecule has 3 rings (SSSR count). The number of aromatic nitrogens is 2. The first-order valence-electron chi connectivity index (χ1n) is 7.68. The fourth-order valence-electron chi connectivity index (χ4n) is 3.45. The normalized spacial score (nSPS) is 24.4. The zero-order chi connectivity index (χ0) is 14.9. The van der Waals surface area contributed by atoms with Crippen LogP contribution in [0.3, 0.4) is 0 Å². The molecule has 2 N–H and O–H groups in total. The predicted octanol–water partition coefficient (Wildman–Crippen LogP) is 1.29. The molecule has 6 nitrogen and oxygen atoms in total. The Hall–Kier alpha value is -1.40. The minimum atomic E-state index is -0.717. The van der Waals surface area contributed by atoms with Crippen LogP contribution in [0.15, 0.2) is 6.20 Å². The van der Waals surface area contributed by atoms with Gasteiger partial charge in [0, 0.05) is 26.1 Å². The number of aliphatic hydroxyl groups is 1. The number of H-pyrrole nitrogens is 1. The minimum absolute atomic E-state index is 0.0778. The lowest BCUT2D eigenvalue weighted by atomic mass is 9.99. The zero-order valence-corrected chi connectivity index (χ0v) is 12.5. The molecule has 1 amide bonds. The summed E-state index contributed by atoms with van der Waals surface area (Å²) < 4.78 is 5.39. The Morgan fingerprint density at radius 2 is 2.33 bits per heavy atom. The van der Waals surface area contributed by atoms with Gasteiger partial charge in [0.05, 0.1) is 29.7 Å². The molecule has 1 saturated carbocycles. The van der Waals surface area contributed by atoms with Gasteiger partial charge in [-0.1, -0.05) is 12.8 Å². The third kappa shape index (κ3) is 2.96. The third-order valence-corrected chi connectivity index (χ3v) is 4.65. The Bertz CT molecular complexity index is 502. The van der Waals surface area contributed by atoms with E-state index in [1.165, 1.54) is 0 Å². The van der Waals surface area contributed by atoms with Crippen molar-refractivity contribution >= 4 is 5.91 Å². The Labute approximate surface area is 124 Å². The van der Waals surface area contributed by atoms with Gasteiger partial charge >= 0.3 is 0 Å². The molecule has 0 unspecified atom stereocenters. The second-order valence-corrected chi connectivity index (χ2v) is 6.35. The highest BCUT2D eigenvalue weighted by Crippen LogP contribution is 2.31. The number of hydrogen-bond donors (Lipinski definition) is 2. The SMILES string of the molecule is CN(CC1(O)CCCC1)C(=O)c1cn[nH]c1[C@@H]1CCOC1. The molecule has 1 saturated heterocycles. The summed E-state index contributed by atoms with van der Waals surface area (Å²) in [4.78, 5) is 14.2. The fourth-order valence-corrected chi connectivity index (χ4v) is 3.45. The van der Waals surface area contributed by atoms with Crippen LogP contribution >= 0.6 is 0 Å². The number of nitrogens with zero attached hydrogens (tertiary/aromatic N) is 2. The standard InChI is InChI=1S/C15H23N3O3/c1-18(10-15(20)5-2-3-6-15)14(19)12-8-16-17-13(12)11-4-7-21-9-11/h8,11,20H,2-7,9-10H2,1H3,(H,16,17)/t11-/m1/s1. The van der Waals surface area contributed by atoms with Crippen molar-refractivity contribution in [3.8, 4) is 0 Å². The average Bonchev–Trinajstić information content (AvgIpc) is 3.18. The van der Waals surface area contributed by atoms with E-state index in [4.69, 9.17) is 4.74 Å². The monoisotopic (exact) mass is 293 g/mol. The Morgan fingerprint density at radius 1 is 1.57 bits per heavy atom. The lowest BCUT2D eigenvalue weighted by Gasteiger charge is -2.28. The minimum Gasteiger partial charge on any atom is -0.388 e. The van der Waals surface area contributed by atoms with Crippen LogP contribution in [0.4, 0.5) is 0 Å².